The number of rotatable bonds is 1. The van der Waals surface area contributed by atoms with Gasteiger partial charge < -0.3 is 9.84 Å². The number of halogens is 1. The topological polar surface area (TPSA) is 46.5 Å². The number of aryl methyl sites for hydroxylation is 1. The highest BCUT2D eigenvalue weighted by Gasteiger charge is 2.25. The average molecular weight is 213 g/mol. The zero-order valence-corrected chi connectivity index (χ0v) is 8.12. The molecule has 1 N–H and O–H groups in total. The Kier molecular flexibility index (Phi) is 2.33. The number of ether oxygens (including phenoxy) is 1. The molecular formula is C10H9ClO3. The van der Waals surface area contributed by atoms with Crippen LogP contribution in [0.5, 0.6) is 5.75 Å². The Morgan fingerprint density at radius 1 is 1.57 bits per heavy atom. The summed E-state index contributed by atoms with van der Waals surface area (Å²) in [6, 6.07) is 5.31. The van der Waals surface area contributed by atoms with Crippen molar-refractivity contribution >= 4 is 17.6 Å². The number of fused-ring (bicyclic) bond motifs is 1. The third-order valence-electron chi connectivity index (χ3n) is 2.25. The lowest BCUT2D eigenvalue weighted by Gasteiger charge is -2.22. The molecule has 0 spiro atoms. The molecule has 0 bridgehead atoms. The number of carbonyl (C=O) groups is 1. The van der Waals surface area contributed by atoms with E-state index in [-0.39, 0.29) is 0 Å². The van der Waals surface area contributed by atoms with Gasteiger partial charge in [-0.05, 0) is 30.5 Å². The molecule has 0 radical (unpaired) electrons. The fourth-order valence-corrected chi connectivity index (χ4v) is 1.68. The summed E-state index contributed by atoms with van der Waals surface area (Å²) in [6.45, 7) is 0. The number of carboxylic acids is 1. The lowest BCUT2D eigenvalue weighted by Crippen LogP contribution is -2.30. The third kappa shape index (κ3) is 1.68. The molecule has 0 aromatic heterocycles. The van der Waals surface area contributed by atoms with Crippen LogP contribution in [0.15, 0.2) is 18.2 Å². The Morgan fingerprint density at radius 3 is 3.07 bits per heavy atom. The van der Waals surface area contributed by atoms with E-state index in [0.717, 1.165) is 12.0 Å². The minimum absolute atomic E-state index is 0.518. The minimum atomic E-state index is -0.921. The molecule has 0 aliphatic carbocycles. The molecule has 1 atom stereocenters. The molecule has 1 aromatic carbocycles. The van der Waals surface area contributed by atoms with Crippen LogP contribution in [-0.4, -0.2) is 17.2 Å². The third-order valence-corrected chi connectivity index (χ3v) is 2.48. The molecule has 3 nitrogen and oxygen atoms in total. The van der Waals surface area contributed by atoms with Gasteiger partial charge in [-0.2, -0.15) is 0 Å². The first-order chi connectivity index (χ1) is 6.66. The van der Waals surface area contributed by atoms with E-state index in [1.54, 1.807) is 12.1 Å². The molecule has 0 saturated carbocycles. The molecule has 0 unspecified atom stereocenters. The van der Waals surface area contributed by atoms with Crippen LogP contribution >= 0.6 is 11.6 Å². The number of benzene rings is 1. The van der Waals surface area contributed by atoms with Crippen LogP contribution in [0.4, 0.5) is 0 Å². The largest absolute Gasteiger partial charge is 0.479 e. The zero-order chi connectivity index (χ0) is 10.1. The predicted molar refractivity (Wildman–Crippen MR) is 51.8 cm³/mol. The second kappa shape index (κ2) is 3.50. The van der Waals surface area contributed by atoms with Crippen LogP contribution in [0.2, 0.25) is 5.02 Å². The molecule has 1 aliphatic rings. The summed E-state index contributed by atoms with van der Waals surface area (Å²) in [5, 5.41) is 9.34. The molecule has 0 saturated heterocycles. The van der Waals surface area contributed by atoms with Crippen molar-refractivity contribution in [1.29, 1.82) is 0 Å². The van der Waals surface area contributed by atoms with Gasteiger partial charge in [-0.1, -0.05) is 17.7 Å². The highest BCUT2D eigenvalue weighted by atomic mass is 35.5. The molecule has 1 heterocycles. The van der Waals surface area contributed by atoms with Gasteiger partial charge >= 0.3 is 5.97 Å². The highest BCUT2D eigenvalue weighted by molar-refractivity contribution is 6.30. The lowest BCUT2D eigenvalue weighted by atomic mass is 10.0. The van der Waals surface area contributed by atoms with Crippen molar-refractivity contribution in [2.45, 2.75) is 18.9 Å². The molecule has 0 fully saturated rings. The molecule has 74 valence electrons. The summed E-state index contributed by atoms with van der Waals surface area (Å²) in [7, 11) is 0. The summed E-state index contributed by atoms with van der Waals surface area (Å²) < 4.78 is 5.29. The molecule has 2 rings (SSSR count). The van der Waals surface area contributed by atoms with Crippen molar-refractivity contribution in [2.24, 2.45) is 0 Å². The quantitative estimate of drug-likeness (QED) is 0.776. The van der Waals surface area contributed by atoms with E-state index in [1.807, 2.05) is 6.07 Å². The number of hydrogen-bond donors (Lipinski definition) is 1. The van der Waals surface area contributed by atoms with Crippen molar-refractivity contribution in [3.8, 4) is 5.75 Å². The van der Waals surface area contributed by atoms with Crippen LogP contribution in [0.3, 0.4) is 0 Å². The van der Waals surface area contributed by atoms with Gasteiger partial charge in [-0.25, -0.2) is 4.79 Å². The fourth-order valence-electron chi connectivity index (χ4n) is 1.52. The second-order valence-corrected chi connectivity index (χ2v) is 3.67. The van der Waals surface area contributed by atoms with Gasteiger partial charge in [0.25, 0.3) is 0 Å². The van der Waals surface area contributed by atoms with Crippen LogP contribution in [0.1, 0.15) is 12.0 Å². The Labute approximate surface area is 86.3 Å². The van der Waals surface area contributed by atoms with E-state index in [2.05, 4.69) is 0 Å². The van der Waals surface area contributed by atoms with E-state index < -0.39 is 12.1 Å². The van der Waals surface area contributed by atoms with E-state index in [1.165, 1.54) is 0 Å². The van der Waals surface area contributed by atoms with Gasteiger partial charge in [-0.15, -0.1) is 0 Å². The molecule has 1 aliphatic heterocycles. The molecule has 0 amide bonds. The first kappa shape index (κ1) is 9.34. The molecule has 14 heavy (non-hydrogen) atoms. The lowest BCUT2D eigenvalue weighted by molar-refractivity contribution is -0.145. The number of aliphatic carboxylic acids is 1. The Morgan fingerprint density at radius 2 is 2.36 bits per heavy atom. The van der Waals surface area contributed by atoms with Gasteiger partial charge in [-0.3, -0.25) is 0 Å². The van der Waals surface area contributed by atoms with Gasteiger partial charge in [0.1, 0.15) is 5.75 Å². The summed E-state index contributed by atoms with van der Waals surface area (Å²) in [5.41, 5.74) is 1.02. The van der Waals surface area contributed by atoms with Crippen LogP contribution < -0.4 is 4.74 Å². The van der Waals surface area contributed by atoms with Crippen molar-refractivity contribution in [1.82, 2.24) is 0 Å². The smallest absolute Gasteiger partial charge is 0.344 e. The first-order valence-electron chi connectivity index (χ1n) is 4.35. The summed E-state index contributed by atoms with van der Waals surface area (Å²) in [5.74, 6) is -0.327. The Balaban J connectivity index is 2.29. The summed E-state index contributed by atoms with van der Waals surface area (Å²) in [6.07, 6.45) is 0.508. The highest BCUT2D eigenvalue weighted by Crippen LogP contribution is 2.30. The zero-order valence-electron chi connectivity index (χ0n) is 7.37. The molecule has 4 heteroatoms. The average Bonchev–Trinajstić information content (AvgIpc) is 2.16. The van der Waals surface area contributed by atoms with Gasteiger partial charge in [0, 0.05) is 5.02 Å². The monoisotopic (exact) mass is 212 g/mol. The SMILES string of the molecule is O=C(O)[C@@H]1CCc2ccc(Cl)cc2O1. The second-order valence-electron chi connectivity index (χ2n) is 3.24. The normalized spacial score (nSPS) is 19.6. The minimum Gasteiger partial charge on any atom is -0.479 e. The van der Waals surface area contributed by atoms with Gasteiger partial charge in [0.05, 0.1) is 0 Å². The standard InChI is InChI=1S/C10H9ClO3/c11-7-3-1-6-2-4-8(10(12)13)14-9(6)5-7/h1,3,5,8H,2,4H2,(H,12,13)/t8-/m0/s1. The maximum atomic E-state index is 10.7. The Bertz CT molecular complexity index is 376. The first-order valence-corrected chi connectivity index (χ1v) is 4.72. The van der Waals surface area contributed by atoms with Crippen LogP contribution in [0.25, 0.3) is 0 Å². The van der Waals surface area contributed by atoms with Crippen molar-refractivity contribution in [3.05, 3.63) is 28.8 Å². The maximum absolute atomic E-state index is 10.7. The molecular weight excluding hydrogens is 204 g/mol. The molecule has 1 aromatic rings. The van der Waals surface area contributed by atoms with E-state index in [0.29, 0.717) is 17.2 Å². The maximum Gasteiger partial charge on any atom is 0.344 e. The fraction of sp³-hybridized carbons (Fsp3) is 0.300. The number of carboxylic acid groups (broad SMARTS) is 1. The van der Waals surface area contributed by atoms with Gasteiger partial charge in [0.15, 0.2) is 6.10 Å². The van der Waals surface area contributed by atoms with E-state index >= 15 is 0 Å². The van der Waals surface area contributed by atoms with Crippen LogP contribution in [-0.2, 0) is 11.2 Å². The summed E-state index contributed by atoms with van der Waals surface area (Å²) in [4.78, 5) is 10.7. The predicted octanol–water partition coefficient (Wildman–Crippen LogP) is 2.12. The Hall–Kier alpha value is -1.22. The van der Waals surface area contributed by atoms with Crippen molar-refractivity contribution in [3.63, 3.8) is 0 Å². The van der Waals surface area contributed by atoms with Crippen molar-refractivity contribution in [2.75, 3.05) is 0 Å². The van der Waals surface area contributed by atoms with Gasteiger partial charge in [0.2, 0.25) is 0 Å². The number of hydrogen-bond acceptors (Lipinski definition) is 2. The van der Waals surface area contributed by atoms with Crippen molar-refractivity contribution < 1.29 is 14.6 Å². The van der Waals surface area contributed by atoms with E-state index in [9.17, 15) is 4.79 Å². The van der Waals surface area contributed by atoms with E-state index in [4.69, 9.17) is 21.4 Å². The van der Waals surface area contributed by atoms with Crippen LogP contribution in [0, 0.1) is 0 Å². The summed E-state index contributed by atoms with van der Waals surface area (Å²) >= 11 is 5.78.